The van der Waals surface area contributed by atoms with Crippen LogP contribution >= 0.6 is 11.6 Å². The molecule has 0 aromatic heterocycles. The molecule has 3 N–H and O–H groups in total. The van der Waals surface area contributed by atoms with Crippen LogP contribution in [0.3, 0.4) is 0 Å². The second-order valence-corrected chi connectivity index (χ2v) is 3.24. The number of fused-ring (bicyclic) bond motifs is 1. The van der Waals surface area contributed by atoms with Crippen molar-refractivity contribution in [3.05, 3.63) is 35.4 Å². The van der Waals surface area contributed by atoms with Crippen molar-refractivity contribution in [3.8, 4) is 5.75 Å². The molecule has 0 aliphatic rings. The average molecular weight is 194 g/mol. The van der Waals surface area contributed by atoms with Gasteiger partial charge in [0.05, 0.1) is 5.02 Å². The first-order valence-corrected chi connectivity index (χ1v) is 4.23. The van der Waals surface area contributed by atoms with Crippen LogP contribution < -0.4 is 5.73 Å². The third-order valence-corrected chi connectivity index (χ3v) is 2.31. The standard InChI is InChI=1S/C10H8ClNO/c11-7-4-5-9(13)6-2-1-3-8(12)10(6)7/h1-5,13H,12H2. The van der Waals surface area contributed by atoms with E-state index in [0.717, 1.165) is 0 Å². The quantitative estimate of drug-likeness (QED) is 0.632. The lowest BCUT2D eigenvalue weighted by Crippen LogP contribution is -1.87. The Morgan fingerprint density at radius 2 is 1.92 bits per heavy atom. The van der Waals surface area contributed by atoms with Crippen LogP contribution in [0.1, 0.15) is 0 Å². The molecule has 0 saturated carbocycles. The zero-order chi connectivity index (χ0) is 9.42. The molecular formula is C10H8ClNO. The summed E-state index contributed by atoms with van der Waals surface area (Å²) < 4.78 is 0. The lowest BCUT2D eigenvalue weighted by atomic mass is 10.1. The Balaban J connectivity index is 3.00. The van der Waals surface area contributed by atoms with Gasteiger partial charge < -0.3 is 10.8 Å². The molecule has 2 nitrogen and oxygen atoms in total. The van der Waals surface area contributed by atoms with E-state index in [9.17, 15) is 5.11 Å². The normalized spacial score (nSPS) is 10.5. The third kappa shape index (κ3) is 1.19. The summed E-state index contributed by atoms with van der Waals surface area (Å²) >= 11 is 5.94. The van der Waals surface area contributed by atoms with Gasteiger partial charge in [0.2, 0.25) is 0 Å². The SMILES string of the molecule is Nc1cccc2c(O)ccc(Cl)c12. The summed E-state index contributed by atoms with van der Waals surface area (Å²) in [5.41, 5.74) is 6.31. The maximum absolute atomic E-state index is 9.51. The number of nitrogen functional groups attached to an aromatic ring is 1. The molecule has 2 aromatic carbocycles. The second-order valence-electron chi connectivity index (χ2n) is 2.84. The Bertz CT molecular complexity index is 459. The number of phenolic OH excluding ortho intramolecular Hbond substituents is 1. The molecule has 0 unspecified atom stereocenters. The molecule has 0 fully saturated rings. The molecule has 0 heterocycles. The van der Waals surface area contributed by atoms with E-state index in [4.69, 9.17) is 17.3 Å². The molecular weight excluding hydrogens is 186 g/mol. The number of phenols is 1. The van der Waals surface area contributed by atoms with E-state index in [1.54, 1.807) is 30.3 Å². The minimum atomic E-state index is 0.201. The van der Waals surface area contributed by atoms with Gasteiger partial charge in [0, 0.05) is 16.5 Å². The fourth-order valence-electron chi connectivity index (χ4n) is 1.38. The van der Waals surface area contributed by atoms with Crippen molar-refractivity contribution in [1.29, 1.82) is 0 Å². The summed E-state index contributed by atoms with van der Waals surface area (Å²) in [6, 6.07) is 8.52. The van der Waals surface area contributed by atoms with E-state index in [-0.39, 0.29) is 5.75 Å². The first-order chi connectivity index (χ1) is 6.20. The highest BCUT2D eigenvalue weighted by atomic mass is 35.5. The third-order valence-electron chi connectivity index (χ3n) is 2.00. The molecule has 0 amide bonds. The van der Waals surface area contributed by atoms with Crippen LogP contribution in [0.5, 0.6) is 5.75 Å². The number of rotatable bonds is 0. The van der Waals surface area contributed by atoms with Gasteiger partial charge in [-0.1, -0.05) is 23.7 Å². The minimum absolute atomic E-state index is 0.201. The van der Waals surface area contributed by atoms with Crippen molar-refractivity contribution in [2.45, 2.75) is 0 Å². The Morgan fingerprint density at radius 1 is 1.15 bits per heavy atom. The van der Waals surface area contributed by atoms with E-state index in [1.165, 1.54) is 0 Å². The Morgan fingerprint density at radius 3 is 2.62 bits per heavy atom. The van der Waals surface area contributed by atoms with E-state index < -0.39 is 0 Å². The molecule has 0 spiro atoms. The van der Waals surface area contributed by atoms with Crippen molar-refractivity contribution >= 4 is 28.1 Å². The molecule has 0 aliphatic carbocycles. The van der Waals surface area contributed by atoms with Crippen LogP contribution in [0.15, 0.2) is 30.3 Å². The van der Waals surface area contributed by atoms with E-state index >= 15 is 0 Å². The number of aromatic hydroxyl groups is 1. The van der Waals surface area contributed by atoms with Gasteiger partial charge in [-0.2, -0.15) is 0 Å². The summed E-state index contributed by atoms with van der Waals surface area (Å²) in [4.78, 5) is 0. The van der Waals surface area contributed by atoms with Crippen LogP contribution in [0.25, 0.3) is 10.8 Å². The Hall–Kier alpha value is -1.41. The Kier molecular flexibility index (Phi) is 1.78. The maximum Gasteiger partial charge on any atom is 0.123 e. The topological polar surface area (TPSA) is 46.2 Å². The fraction of sp³-hybridized carbons (Fsp3) is 0. The van der Waals surface area contributed by atoms with Gasteiger partial charge in [-0.3, -0.25) is 0 Å². The highest BCUT2D eigenvalue weighted by Gasteiger charge is 2.05. The van der Waals surface area contributed by atoms with Crippen LogP contribution in [-0.2, 0) is 0 Å². The first-order valence-electron chi connectivity index (χ1n) is 3.86. The molecule has 2 rings (SSSR count). The van der Waals surface area contributed by atoms with Crippen LogP contribution in [0.4, 0.5) is 5.69 Å². The van der Waals surface area contributed by atoms with Crippen molar-refractivity contribution in [1.82, 2.24) is 0 Å². The van der Waals surface area contributed by atoms with E-state index in [2.05, 4.69) is 0 Å². The predicted molar refractivity (Wildman–Crippen MR) is 55.0 cm³/mol. The molecule has 0 aliphatic heterocycles. The van der Waals surface area contributed by atoms with Crippen LogP contribution in [0, 0.1) is 0 Å². The zero-order valence-corrected chi connectivity index (χ0v) is 7.55. The number of halogens is 1. The highest BCUT2D eigenvalue weighted by molar-refractivity contribution is 6.36. The lowest BCUT2D eigenvalue weighted by Gasteiger charge is -2.05. The highest BCUT2D eigenvalue weighted by Crippen LogP contribution is 2.33. The van der Waals surface area contributed by atoms with Crippen molar-refractivity contribution in [2.24, 2.45) is 0 Å². The Labute approximate surface area is 80.6 Å². The number of nitrogens with two attached hydrogens (primary N) is 1. The summed E-state index contributed by atoms with van der Waals surface area (Å²) in [6.45, 7) is 0. The molecule has 0 atom stereocenters. The smallest absolute Gasteiger partial charge is 0.123 e. The predicted octanol–water partition coefficient (Wildman–Crippen LogP) is 2.78. The molecule has 0 bridgehead atoms. The van der Waals surface area contributed by atoms with Crippen molar-refractivity contribution in [3.63, 3.8) is 0 Å². The number of anilines is 1. The maximum atomic E-state index is 9.51. The zero-order valence-electron chi connectivity index (χ0n) is 6.79. The summed E-state index contributed by atoms with van der Waals surface area (Å²) in [7, 11) is 0. The van der Waals surface area contributed by atoms with Gasteiger partial charge in [-0.25, -0.2) is 0 Å². The van der Waals surface area contributed by atoms with Gasteiger partial charge in [-0.05, 0) is 18.2 Å². The van der Waals surface area contributed by atoms with E-state index in [1.807, 2.05) is 0 Å². The van der Waals surface area contributed by atoms with Crippen molar-refractivity contribution in [2.75, 3.05) is 5.73 Å². The lowest BCUT2D eigenvalue weighted by molar-refractivity contribution is 0.481. The first kappa shape index (κ1) is 8.20. The van der Waals surface area contributed by atoms with Gasteiger partial charge in [-0.15, -0.1) is 0 Å². The van der Waals surface area contributed by atoms with Crippen molar-refractivity contribution < 1.29 is 5.11 Å². The molecule has 0 radical (unpaired) electrons. The largest absolute Gasteiger partial charge is 0.507 e. The number of benzene rings is 2. The number of hydrogen-bond donors (Lipinski definition) is 2. The van der Waals surface area contributed by atoms with Crippen LogP contribution in [-0.4, -0.2) is 5.11 Å². The molecule has 3 heteroatoms. The molecule has 66 valence electrons. The average Bonchev–Trinajstić information content (AvgIpc) is 2.12. The fourth-order valence-corrected chi connectivity index (χ4v) is 1.65. The monoisotopic (exact) mass is 193 g/mol. The second kappa shape index (κ2) is 2.82. The van der Waals surface area contributed by atoms with Gasteiger partial charge in [0.15, 0.2) is 0 Å². The summed E-state index contributed by atoms with van der Waals surface area (Å²) in [6.07, 6.45) is 0. The molecule has 0 saturated heterocycles. The van der Waals surface area contributed by atoms with E-state index in [0.29, 0.717) is 21.5 Å². The summed E-state index contributed by atoms with van der Waals surface area (Å²) in [5.74, 6) is 0.201. The molecule has 13 heavy (non-hydrogen) atoms. The van der Waals surface area contributed by atoms with Gasteiger partial charge in [0.25, 0.3) is 0 Å². The molecule has 2 aromatic rings. The van der Waals surface area contributed by atoms with Crippen LogP contribution in [0.2, 0.25) is 5.02 Å². The van der Waals surface area contributed by atoms with Gasteiger partial charge in [0.1, 0.15) is 5.75 Å². The summed E-state index contributed by atoms with van der Waals surface area (Å²) in [5, 5.41) is 11.5. The van der Waals surface area contributed by atoms with Gasteiger partial charge >= 0.3 is 0 Å². The number of hydrogen-bond acceptors (Lipinski definition) is 2. The minimum Gasteiger partial charge on any atom is -0.507 e.